The van der Waals surface area contributed by atoms with Gasteiger partial charge in [0.25, 0.3) is 5.91 Å². The SMILES string of the molecule is CNS(=O)(=O)c1cccc(C(=O)O[C@H](C)C(=O)N2c3ccccc3C[C@H]2C)c1. The van der Waals surface area contributed by atoms with Crippen LogP contribution in [0, 0.1) is 0 Å². The molecule has 8 heteroatoms. The Morgan fingerprint density at radius 3 is 2.61 bits per heavy atom. The Hall–Kier alpha value is -2.71. The first-order chi connectivity index (χ1) is 13.2. The van der Waals surface area contributed by atoms with Crippen LogP contribution in [-0.4, -0.2) is 39.5 Å². The van der Waals surface area contributed by atoms with Crippen molar-refractivity contribution < 1.29 is 22.7 Å². The van der Waals surface area contributed by atoms with Gasteiger partial charge in [0.05, 0.1) is 10.5 Å². The van der Waals surface area contributed by atoms with Crippen LogP contribution < -0.4 is 9.62 Å². The van der Waals surface area contributed by atoms with Crippen LogP contribution in [-0.2, 0) is 26.0 Å². The summed E-state index contributed by atoms with van der Waals surface area (Å²) in [4.78, 5) is 27.0. The van der Waals surface area contributed by atoms with Crippen LogP contribution >= 0.6 is 0 Å². The van der Waals surface area contributed by atoms with Crippen molar-refractivity contribution in [3.8, 4) is 0 Å². The monoisotopic (exact) mass is 402 g/mol. The number of anilines is 1. The number of para-hydroxylation sites is 1. The number of carbonyl (C=O) groups is 2. The highest BCUT2D eigenvalue weighted by Crippen LogP contribution is 2.32. The highest BCUT2D eigenvalue weighted by Gasteiger charge is 2.34. The molecule has 28 heavy (non-hydrogen) atoms. The van der Waals surface area contributed by atoms with Crippen molar-refractivity contribution in [2.24, 2.45) is 0 Å². The zero-order chi connectivity index (χ0) is 20.5. The van der Waals surface area contributed by atoms with E-state index in [1.165, 1.54) is 38.2 Å². The zero-order valence-electron chi connectivity index (χ0n) is 15.9. The molecule has 7 nitrogen and oxygen atoms in total. The van der Waals surface area contributed by atoms with Crippen LogP contribution in [0.5, 0.6) is 0 Å². The molecule has 0 saturated heterocycles. The summed E-state index contributed by atoms with van der Waals surface area (Å²) in [6, 6.07) is 13.1. The standard InChI is InChI=1S/C20H22N2O5S/c1-13-11-15-7-4-5-10-18(15)22(13)19(23)14(2)27-20(24)16-8-6-9-17(12-16)28(25,26)21-3/h4-10,12-14,21H,11H2,1-3H3/t13-,14-/m1/s1. The Bertz CT molecular complexity index is 1020. The fourth-order valence-electron chi connectivity index (χ4n) is 3.28. The maximum Gasteiger partial charge on any atom is 0.338 e. The van der Waals surface area contributed by atoms with E-state index < -0.39 is 22.1 Å². The second-order valence-corrected chi connectivity index (χ2v) is 8.56. The number of fused-ring (bicyclic) bond motifs is 1. The fourth-order valence-corrected chi connectivity index (χ4v) is 4.06. The molecule has 1 heterocycles. The van der Waals surface area contributed by atoms with Gasteiger partial charge in [-0.05, 0) is 57.1 Å². The largest absolute Gasteiger partial charge is 0.449 e. The second-order valence-electron chi connectivity index (χ2n) is 6.67. The van der Waals surface area contributed by atoms with E-state index in [9.17, 15) is 18.0 Å². The van der Waals surface area contributed by atoms with Gasteiger partial charge in [-0.3, -0.25) is 4.79 Å². The van der Waals surface area contributed by atoms with Crippen molar-refractivity contribution in [3.63, 3.8) is 0 Å². The number of amides is 1. The summed E-state index contributed by atoms with van der Waals surface area (Å²) in [5, 5.41) is 0. The molecule has 0 spiro atoms. The predicted octanol–water partition coefficient (Wildman–Crippen LogP) is 2.12. The Balaban J connectivity index is 1.76. The Labute approximate surface area is 164 Å². The molecule has 0 fully saturated rings. The molecule has 2 atom stereocenters. The molecule has 0 unspecified atom stereocenters. The number of ether oxygens (including phenoxy) is 1. The van der Waals surface area contributed by atoms with Gasteiger partial charge in [0, 0.05) is 11.7 Å². The van der Waals surface area contributed by atoms with Gasteiger partial charge in [0.2, 0.25) is 10.0 Å². The van der Waals surface area contributed by atoms with Gasteiger partial charge in [-0.25, -0.2) is 17.9 Å². The number of sulfonamides is 1. The minimum atomic E-state index is -3.69. The molecular weight excluding hydrogens is 380 g/mol. The normalized spacial score (nSPS) is 17.1. The van der Waals surface area contributed by atoms with Gasteiger partial charge in [-0.15, -0.1) is 0 Å². The number of benzene rings is 2. The van der Waals surface area contributed by atoms with Crippen molar-refractivity contribution in [1.82, 2.24) is 4.72 Å². The van der Waals surface area contributed by atoms with Crippen molar-refractivity contribution in [2.45, 2.75) is 37.3 Å². The van der Waals surface area contributed by atoms with Crippen LogP contribution in [0.4, 0.5) is 5.69 Å². The Morgan fingerprint density at radius 2 is 1.89 bits per heavy atom. The van der Waals surface area contributed by atoms with E-state index in [0.717, 1.165) is 17.7 Å². The van der Waals surface area contributed by atoms with Crippen molar-refractivity contribution in [3.05, 3.63) is 59.7 Å². The molecule has 0 bridgehead atoms. The van der Waals surface area contributed by atoms with Gasteiger partial charge < -0.3 is 9.64 Å². The third-order valence-corrected chi connectivity index (χ3v) is 6.14. The van der Waals surface area contributed by atoms with Gasteiger partial charge in [-0.2, -0.15) is 0 Å². The molecule has 0 aromatic heterocycles. The molecule has 148 valence electrons. The van der Waals surface area contributed by atoms with Crippen molar-refractivity contribution in [1.29, 1.82) is 0 Å². The van der Waals surface area contributed by atoms with Crippen LogP contribution in [0.3, 0.4) is 0 Å². The van der Waals surface area contributed by atoms with E-state index >= 15 is 0 Å². The number of hydrogen-bond acceptors (Lipinski definition) is 5. The van der Waals surface area contributed by atoms with Crippen LogP contribution in [0.25, 0.3) is 0 Å². The third kappa shape index (κ3) is 3.79. The summed E-state index contributed by atoms with van der Waals surface area (Å²) in [6.07, 6.45) is -0.266. The lowest BCUT2D eigenvalue weighted by Crippen LogP contribution is -2.43. The minimum absolute atomic E-state index is 0.0323. The Kier molecular flexibility index (Phi) is 5.53. The van der Waals surface area contributed by atoms with Crippen LogP contribution in [0.1, 0.15) is 29.8 Å². The van der Waals surface area contributed by atoms with E-state index in [1.54, 1.807) is 4.90 Å². The number of carbonyl (C=O) groups excluding carboxylic acids is 2. The first-order valence-corrected chi connectivity index (χ1v) is 10.4. The van der Waals surface area contributed by atoms with Gasteiger partial charge in [0.15, 0.2) is 6.10 Å². The van der Waals surface area contributed by atoms with E-state index in [4.69, 9.17) is 4.74 Å². The van der Waals surface area contributed by atoms with Crippen molar-refractivity contribution >= 4 is 27.6 Å². The summed E-state index contributed by atoms with van der Waals surface area (Å²) < 4.78 is 31.3. The molecule has 0 aliphatic carbocycles. The summed E-state index contributed by atoms with van der Waals surface area (Å²) in [7, 11) is -2.40. The first kappa shape index (κ1) is 20.0. The lowest BCUT2D eigenvalue weighted by Gasteiger charge is -2.26. The topological polar surface area (TPSA) is 92.8 Å². The lowest BCUT2D eigenvalue weighted by molar-refractivity contribution is -0.126. The van der Waals surface area contributed by atoms with Gasteiger partial charge >= 0.3 is 5.97 Å². The fraction of sp³-hybridized carbons (Fsp3) is 0.300. The highest BCUT2D eigenvalue weighted by atomic mass is 32.2. The number of nitrogens with one attached hydrogen (secondary N) is 1. The smallest absolute Gasteiger partial charge is 0.338 e. The molecule has 1 amide bonds. The summed E-state index contributed by atoms with van der Waals surface area (Å²) in [6.45, 7) is 3.46. The van der Waals surface area contributed by atoms with E-state index in [1.807, 2.05) is 31.2 Å². The minimum Gasteiger partial charge on any atom is -0.449 e. The van der Waals surface area contributed by atoms with E-state index in [-0.39, 0.29) is 22.4 Å². The number of nitrogens with zero attached hydrogens (tertiary/aromatic N) is 1. The first-order valence-electron chi connectivity index (χ1n) is 8.90. The van der Waals surface area contributed by atoms with Crippen molar-refractivity contribution in [2.75, 3.05) is 11.9 Å². The quantitative estimate of drug-likeness (QED) is 0.774. The van der Waals surface area contributed by atoms with Crippen LogP contribution in [0.15, 0.2) is 53.4 Å². The zero-order valence-corrected chi connectivity index (χ0v) is 16.7. The molecule has 2 aromatic rings. The summed E-state index contributed by atoms with van der Waals surface area (Å²) in [5.74, 6) is -1.07. The molecule has 0 saturated carbocycles. The summed E-state index contributed by atoms with van der Waals surface area (Å²) >= 11 is 0. The maximum absolute atomic E-state index is 12.9. The third-order valence-electron chi connectivity index (χ3n) is 4.73. The van der Waals surface area contributed by atoms with Crippen LogP contribution in [0.2, 0.25) is 0 Å². The molecule has 2 aromatic carbocycles. The summed E-state index contributed by atoms with van der Waals surface area (Å²) in [5.41, 5.74) is 1.96. The average Bonchev–Trinajstić information content (AvgIpc) is 3.03. The van der Waals surface area contributed by atoms with Gasteiger partial charge in [0.1, 0.15) is 0 Å². The van der Waals surface area contributed by atoms with E-state index in [0.29, 0.717) is 0 Å². The maximum atomic E-state index is 12.9. The molecule has 0 radical (unpaired) electrons. The molecule has 3 rings (SSSR count). The number of rotatable bonds is 5. The second kappa shape index (κ2) is 7.73. The molecular formula is C20H22N2O5S. The van der Waals surface area contributed by atoms with E-state index in [2.05, 4.69) is 4.72 Å². The van der Waals surface area contributed by atoms with Gasteiger partial charge in [-0.1, -0.05) is 24.3 Å². The number of esters is 1. The average molecular weight is 402 g/mol. The lowest BCUT2D eigenvalue weighted by atomic mass is 10.1. The molecule has 1 aliphatic rings. The predicted molar refractivity (Wildman–Crippen MR) is 105 cm³/mol. The Morgan fingerprint density at radius 1 is 1.18 bits per heavy atom. The highest BCUT2D eigenvalue weighted by molar-refractivity contribution is 7.89. The molecule has 1 aliphatic heterocycles. The molecule has 1 N–H and O–H groups in total. The number of hydrogen-bond donors (Lipinski definition) is 1.